The van der Waals surface area contributed by atoms with Crippen LogP contribution in [0.5, 0.6) is 0 Å². The summed E-state index contributed by atoms with van der Waals surface area (Å²) in [6, 6.07) is 9.59. The first-order chi connectivity index (χ1) is 12.1. The Morgan fingerprint density at radius 1 is 1.00 bits per heavy atom. The fourth-order valence-corrected chi connectivity index (χ4v) is 3.14. The molecule has 0 aliphatic heterocycles. The Balaban J connectivity index is 1.72. The van der Waals surface area contributed by atoms with E-state index >= 15 is 0 Å². The maximum atomic E-state index is 12.1. The lowest BCUT2D eigenvalue weighted by Gasteiger charge is -2.09. The number of nitrogens with one attached hydrogen (secondary N) is 1. The third-order valence-electron chi connectivity index (χ3n) is 3.38. The van der Waals surface area contributed by atoms with Gasteiger partial charge in [-0.3, -0.25) is 14.8 Å². The molecule has 0 aliphatic carbocycles. The van der Waals surface area contributed by atoms with Crippen LogP contribution in [0.25, 0.3) is 11.3 Å². The molecule has 0 radical (unpaired) electrons. The molecular formula is C16H15N5O3S. The van der Waals surface area contributed by atoms with Crippen LogP contribution in [0.1, 0.15) is 0 Å². The molecule has 128 valence electrons. The van der Waals surface area contributed by atoms with Crippen LogP contribution in [0.4, 0.5) is 0 Å². The average Bonchev–Trinajstić information content (AvgIpc) is 2.64. The maximum absolute atomic E-state index is 12.1. The van der Waals surface area contributed by atoms with E-state index in [9.17, 15) is 13.2 Å². The van der Waals surface area contributed by atoms with Crippen molar-refractivity contribution in [3.05, 3.63) is 71.5 Å². The lowest BCUT2D eigenvalue weighted by molar-refractivity contribution is 0.548. The van der Waals surface area contributed by atoms with Crippen LogP contribution in [-0.4, -0.2) is 34.7 Å². The van der Waals surface area contributed by atoms with Gasteiger partial charge in [0.25, 0.3) is 5.56 Å². The van der Waals surface area contributed by atoms with Gasteiger partial charge in [0, 0.05) is 43.0 Å². The molecule has 9 heteroatoms. The van der Waals surface area contributed by atoms with Crippen LogP contribution in [0.3, 0.4) is 0 Å². The first-order valence-electron chi connectivity index (χ1n) is 7.44. The maximum Gasteiger partial charge on any atom is 0.266 e. The first kappa shape index (κ1) is 16.9. The van der Waals surface area contributed by atoms with Crippen molar-refractivity contribution in [2.45, 2.75) is 11.4 Å². The van der Waals surface area contributed by atoms with Crippen LogP contribution in [0.2, 0.25) is 0 Å². The summed E-state index contributed by atoms with van der Waals surface area (Å²) >= 11 is 0. The molecule has 3 aromatic heterocycles. The summed E-state index contributed by atoms with van der Waals surface area (Å²) in [4.78, 5) is 19.8. The van der Waals surface area contributed by atoms with Crippen molar-refractivity contribution >= 4 is 10.0 Å². The zero-order chi connectivity index (χ0) is 17.7. The Hall–Kier alpha value is -2.91. The molecule has 1 N–H and O–H groups in total. The van der Waals surface area contributed by atoms with Crippen LogP contribution < -0.4 is 10.3 Å². The molecule has 0 bridgehead atoms. The zero-order valence-corrected chi connectivity index (χ0v) is 13.9. The van der Waals surface area contributed by atoms with E-state index in [1.54, 1.807) is 24.5 Å². The summed E-state index contributed by atoms with van der Waals surface area (Å²) in [5.41, 5.74) is 1.04. The van der Waals surface area contributed by atoms with Gasteiger partial charge in [0.2, 0.25) is 10.0 Å². The molecule has 0 fully saturated rings. The second kappa shape index (κ2) is 7.32. The fourth-order valence-electron chi connectivity index (χ4n) is 2.15. The van der Waals surface area contributed by atoms with Crippen LogP contribution in [-0.2, 0) is 16.6 Å². The summed E-state index contributed by atoms with van der Waals surface area (Å²) < 4.78 is 27.9. The minimum atomic E-state index is -3.67. The highest BCUT2D eigenvalue weighted by atomic mass is 32.2. The van der Waals surface area contributed by atoms with Crippen molar-refractivity contribution in [1.82, 2.24) is 24.5 Å². The summed E-state index contributed by atoms with van der Waals surface area (Å²) in [7, 11) is -3.67. The Bertz CT molecular complexity index is 1000. The second-order valence-corrected chi connectivity index (χ2v) is 6.88. The van der Waals surface area contributed by atoms with Gasteiger partial charge < -0.3 is 0 Å². The fraction of sp³-hybridized carbons (Fsp3) is 0.125. The van der Waals surface area contributed by atoms with Gasteiger partial charge in [-0.2, -0.15) is 5.10 Å². The predicted octanol–water partition coefficient (Wildman–Crippen LogP) is 0.679. The Kier molecular flexibility index (Phi) is 4.96. The SMILES string of the molecule is O=c1ccc(-c2cccnc2)nn1CCNS(=O)(=O)c1cccnc1. The number of hydrogen-bond donors (Lipinski definition) is 1. The number of rotatable bonds is 6. The number of pyridine rings is 2. The molecule has 3 heterocycles. The molecule has 0 amide bonds. The number of aromatic nitrogens is 4. The largest absolute Gasteiger partial charge is 0.268 e. The highest BCUT2D eigenvalue weighted by Crippen LogP contribution is 2.12. The monoisotopic (exact) mass is 357 g/mol. The van der Waals surface area contributed by atoms with Crippen molar-refractivity contribution in [3.8, 4) is 11.3 Å². The van der Waals surface area contributed by atoms with E-state index < -0.39 is 10.0 Å². The van der Waals surface area contributed by atoms with Gasteiger partial charge in [0.15, 0.2) is 0 Å². The predicted molar refractivity (Wildman–Crippen MR) is 91.2 cm³/mol. The van der Waals surface area contributed by atoms with Crippen LogP contribution >= 0.6 is 0 Å². The lowest BCUT2D eigenvalue weighted by Crippen LogP contribution is -2.32. The van der Waals surface area contributed by atoms with Gasteiger partial charge in [-0.15, -0.1) is 0 Å². The van der Waals surface area contributed by atoms with E-state index in [0.29, 0.717) is 5.69 Å². The van der Waals surface area contributed by atoms with Crippen molar-refractivity contribution < 1.29 is 8.42 Å². The van der Waals surface area contributed by atoms with Crippen molar-refractivity contribution in [1.29, 1.82) is 0 Å². The normalized spacial score (nSPS) is 11.4. The minimum absolute atomic E-state index is 0.0284. The van der Waals surface area contributed by atoms with E-state index in [0.717, 1.165) is 5.56 Å². The molecule has 25 heavy (non-hydrogen) atoms. The smallest absolute Gasteiger partial charge is 0.266 e. The average molecular weight is 357 g/mol. The van der Waals surface area contributed by atoms with Gasteiger partial charge in [-0.05, 0) is 30.3 Å². The van der Waals surface area contributed by atoms with E-state index in [-0.39, 0.29) is 23.5 Å². The molecule has 0 atom stereocenters. The number of sulfonamides is 1. The van der Waals surface area contributed by atoms with Crippen LogP contribution in [0.15, 0.2) is 70.9 Å². The van der Waals surface area contributed by atoms with Gasteiger partial charge in [-0.1, -0.05) is 0 Å². The second-order valence-electron chi connectivity index (χ2n) is 5.11. The Morgan fingerprint density at radius 3 is 2.44 bits per heavy atom. The Labute approximate surface area is 144 Å². The molecule has 0 spiro atoms. The molecule has 8 nitrogen and oxygen atoms in total. The van der Waals surface area contributed by atoms with Crippen molar-refractivity contribution in [2.75, 3.05) is 6.54 Å². The van der Waals surface area contributed by atoms with E-state index in [1.165, 1.54) is 35.3 Å². The van der Waals surface area contributed by atoms with Crippen molar-refractivity contribution in [2.24, 2.45) is 0 Å². The standard InChI is InChI=1S/C16H15N5O3S/c22-16-6-5-15(13-3-1-7-17-11-13)20-21(16)10-9-19-25(23,24)14-4-2-8-18-12-14/h1-8,11-12,19H,9-10H2. The van der Waals surface area contributed by atoms with Gasteiger partial charge in [0.05, 0.1) is 12.2 Å². The molecule has 3 aromatic rings. The van der Waals surface area contributed by atoms with Crippen LogP contribution in [0, 0.1) is 0 Å². The van der Waals surface area contributed by atoms with Gasteiger partial charge in [0.1, 0.15) is 4.90 Å². The number of nitrogens with zero attached hydrogens (tertiary/aromatic N) is 4. The molecular weight excluding hydrogens is 342 g/mol. The minimum Gasteiger partial charge on any atom is -0.268 e. The Morgan fingerprint density at radius 2 is 1.76 bits per heavy atom. The summed E-state index contributed by atoms with van der Waals surface area (Å²) in [6.07, 6.45) is 6.04. The first-order valence-corrected chi connectivity index (χ1v) is 8.93. The zero-order valence-electron chi connectivity index (χ0n) is 13.1. The van der Waals surface area contributed by atoms with Gasteiger partial charge in [-0.25, -0.2) is 17.8 Å². The summed E-state index contributed by atoms with van der Waals surface area (Å²) in [5, 5.41) is 4.25. The molecule has 0 unspecified atom stereocenters. The third-order valence-corrected chi connectivity index (χ3v) is 4.83. The molecule has 0 aliphatic rings. The molecule has 0 saturated heterocycles. The number of hydrogen-bond acceptors (Lipinski definition) is 6. The topological polar surface area (TPSA) is 107 Å². The molecule has 3 rings (SSSR count). The quantitative estimate of drug-likeness (QED) is 0.695. The van der Waals surface area contributed by atoms with Gasteiger partial charge >= 0.3 is 0 Å². The summed E-state index contributed by atoms with van der Waals surface area (Å²) in [5.74, 6) is 0. The van der Waals surface area contributed by atoms with Crippen molar-refractivity contribution in [3.63, 3.8) is 0 Å². The molecule has 0 saturated carbocycles. The van der Waals surface area contributed by atoms with E-state index in [2.05, 4.69) is 19.8 Å². The third kappa shape index (κ3) is 4.14. The summed E-state index contributed by atoms with van der Waals surface area (Å²) in [6.45, 7) is 0.132. The highest BCUT2D eigenvalue weighted by molar-refractivity contribution is 7.89. The highest BCUT2D eigenvalue weighted by Gasteiger charge is 2.13. The van der Waals surface area contributed by atoms with E-state index in [1.807, 2.05) is 6.07 Å². The molecule has 0 aromatic carbocycles. The lowest BCUT2D eigenvalue weighted by atomic mass is 10.2. The van der Waals surface area contributed by atoms with E-state index in [4.69, 9.17) is 0 Å².